The van der Waals surface area contributed by atoms with Gasteiger partial charge in [-0.2, -0.15) is 0 Å². The smallest absolute Gasteiger partial charge is 0.410 e. The molecule has 2 N–H and O–H groups in total. The first-order valence-electron chi connectivity index (χ1n) is 13.0. The standard InChI is InChI=1S/C27H36N6O3/c1-27(2,3)36-26(35)33-13-11-32(12-14-33)25-20-16-24(34)30-22(20)17-21(31-25)18-9-10-28-23(15-18)29-19-7-5-4-6-8-19/h9-10,15,17,19H,4-8,11-14,16H2,1-3H3,(H,28,29)(H,30,34). The fourth-order valence-corrected chi connectivity index (χ4v) is 5.16. The molecule has 0 unspecified atom stereocenters. The summed E-state index contributed by atoms with van der Waals surface area (Å²) in [7, 11) is 0. The molecule has 0 spiro atoms. The van der Waals surface area contributed by atoms with Gasteiger partial charge in [0.1, 0.15) is 17.2 Å². The van der Waals surface area contributed by atoms with Gasteiger partial charge in [-0.15, -0.1) is 0 Å². The quantitative estimate of drug-likeness (QED) is 0.651. The van der Waals surface area contributed by atoms with Gasteiger partial charge in [-0.25, -0.2) is 14.8 Å². The lowest BCUT2D eigenvalue weighted by molar-refractivity contribution is -0.115. The van der Waals surface area contributed by atoms with Gasteiger partial charge in [-0.3, -0.25) is 4.79 Å². The van der Waals surface area contributed by atoms with E-state index in [0.29, 0.717) is 38.6 Å². The van der Waals surface area contributed by atoms with E-state index >= 15 is 0 Å². The zero-order chi connectivity index (χ0) is 25.3. The van der Waals surface area contributed by atoms with Gasteiger partial charge < -0.3 is 25.2 Å². The summed E-state index contributed by atoms with van der Waals surface area (Å²) in [4.78, 5) is 38.3. The molecule has 2 aliphatic heterocycles. The zero-order valence-corrected chi connectivity index (χ0v) is 21.5. The van der Waals surface area contributed by atoms with E-state index in [-0.39, 0.29) is 12.0 Å². The average molecular weight is 493 g/mol. The Bertz CT molecular complexity index is 1130. The van der Waals surface area contributed by atoms with Crippen molar-refractivity contribution in [3.05, 3.63) is 30.0 Å². The lowest BCUT2D eigenvalue weighted by atomic mass is 9.95. The van der Waals surface area contributed by atoms with Crippen molar-refractivity contribution in [1.82, 2.24) is 14.9 Å². The van der Waals surface area contributed by atoms with E-state index in [0.717, 1.165) is 34.1 Å². The first-order chi connectivity index (χ1) is 17.2. The molecule has 1 saturated heterocycles. The summed E-state index contributed by atoms with van der Waals surface area (Å²) in [5, 5.41) is 6.59. The molecule has 2 fully saturated rings. The third-order valence-corrected chi connectivity index (χ3v) is 6.96. The highest BCUT2D eigenvalue weighted by molar-refractivity contribution is 6.01. The highest BCUT2D eigenvalue weighted by Crippen LogP contribution is 2.36. The maximum atomic E-state index is 12.5. The number of aromatic nitrogens is 2. The molecule has 0 bridgehead atoms. The molecule has 9 heteroatoms. The Morgan fingerprint density at radius 1 is 1.11 bits per heavy atom. The van der Waals surface area contributed by atoms with Crippen LogP contribution in [-0.2, 0) is 16.0 Å². The Labute approximate surface area is 212 Å². The number of amides is 2. The number of carbonyl (C=O) groups excluding carboxylic acids is 2. The van der Waals surface area contributed by atoms with Gasteiger partial charge in [0.05, 0.1) is 17.8 Å². The second-order valence-corrected chi connectivity index (χ2v) is 10.9. The fraction of sp³-hybridized carbons (Fsp3) is 0.556. The number of anilines is 3. The number of hydrogen-bond donors (Lipinski definition) is 2. The van der Waals surface area contributed by atoms with Gasteiger partial charge in [0.15, 0.2) is 0 Å². The first-order valence-corrected chi connectivity index (χ1v) is 13.0. The predicted molar refractivity (Wildman–Crippen MR) is 140 cm³/mol. The molecule has 3 aliphatic rings. The number of hydrogen-bond acceptors (Lipinski definition) is 7. The van der Waals surface area contributed by atoms with Crippen LogP contribution in [0.1, 0.15) is 58.4 Å². The number of piperazine rings is 1. The molecule has 0 atom stereocenters. The Hall–Kier alpha value is -3.36. The summed E-state index contributed by atoms with van der Waals surface area (Å²) in [5.41, 5.74) is 2.97. The van der Waals surface area contributed by atoms with Gasteiger partial charge in [-0.1, -0.05) is 19.3 Å². The molecule has 2 aromatic rings. The lowest BCUT2D eigenvalue weighted by Gasteiger charge is -2.36. The van der Waals surface area contributed by atoms with Crippen LogP contribution in [0, 0.1) is 0 Å². The van der Waals surface area contributed by atoms with E-state index < -0.39 is 5.60 Å². The number of ether oxygens (including phenoxy) is 1. The minimum atomic E-state index is -0.522. The van der Waals surface area contributed by atoms with Crippen LogP contribution < -0.4 is 15.5 Å². The van der Waals surface area contributed by atoms with Crippen LogP contribution >= 0.6 is 0 Å². The van der Waals surface area contributed by atoms with E-state index in [1.165, 1.54) is 32.1 Å². The molecular weight excluding hydrogens is 456 g/mol. The summed E-state index contributed by atoms with van der Waals surface area (Å²) < 4.78 is 5.54. The van der Waals surface area contributed by atoms with Crippen molar-refractivity contribution in [2.24, 2.45) is 0 Å². The molecule has 9 nitrogen and oxygen atoms in total. The number of rotatable bonds is 4. The normalized spacial score (nSPS) is 18.6. The molecule has 1 saturated carbocycles. The third kappa shape index (κ3) is 5.55. The van der Waals surface area contributed by atoms with E-state index in [9.17, 15) is 9.59 Å². The Kier molecular flexibility index (Phi) is 6.73. The van der Waals surface area contributed by atoms with Crippen molar-refractivity contribution < 1.29 is 14.3 Å². The second kappa shape index (κ2) is 9.95. The zero-order valence-electron chi connectivity index (χ0n) is 21.5. The number of nitrogens with one attached hydrogen (secondary N) is 2. The van der Waals surface area contributed by atoms with Crippen LogP contribution in [0.15, 0.2) is 24.4 Å². The molecule has 0 aromatic carbocycles. The van der Waals surface area contributed by atoms with Crippen molar-refractivity contribution >= 4 is 29.3 Å². The topological polar surface area (TPSA) is 99.7 Å². The molecule has 2 amide bonds. The van der Waals surface area contributed by atoms with Crippen LogP contribution in [0.25, 0.3) is 11.3 Å². The fourth-order valence-electron chi connectivity index (χ4n) is 5.16. The van der Waals surface area contributed by atoms with E-state index in [1.807, 2.05) is 45.2 Å². The van der Waals surface area contributed by atoms with Crippen LogP contribution in [0.2, 0.25) is 0 Å². The predicted octanol–water partition coefficient (Wildman–Crippen LogP) is 4.44. The van der Waals surface area contributed by atoms with Crippen molar-refractivity contribution in [3.8, 4) is 11.3 Å². The molecule has 36 heavy (non-hydrogen) atoms. The number of fused-ring (bicyclic) bond motifs is 1. The molecule has 0 radical (unpaired) electrons. The van der Waals surface area contributed by atoms with Crippen LogP contribution in [-0.4, -0.2) is 64.7 Å². The third-order valence-electron chi connectivity index (χ3n) is 6.96. The van der Waals surface area contributed by atoms with Crippen molar-refractivity contribution in [2.45, 2.75) is 70.9 Å². The summed E-state index contributed by atoms with van der Waals surface area (Å²) in [5.74, 6) is 1.65. The molecule has 1 aliphatic carbocycles. The molecule has 2 aromatic heterocycles. The highest BCUT2D eigenvalue weighted by Gasteiger charge is 2.30. The van der Waals surface area contributed by atoms with Crippen LogP contribution in [0.5, 0.6) is 0 Å². The number of nitrogens with zero attached hydrogens (tertiary/aromatic N) is 4. The van der Waals surface area contributed by atoms with Gasteiger partial charge in [0, 0.05) is 49.5 Å². The van der Waals surface area contributed by atoms with E-state index in [2.05, 4.69) is 20.5 Å². The summed E-state index contributed by atoms with van der Waals surface area (Å²) >= 11 is 0. The second-order valence-electron chi connectivity index (χ2n) is 10.9. The summed E-state index contributed by atoms with van der Waals surface area (Å²) in [6.07, 6.45) is 8.01. The molecule has 192 valence electrons. The highest BCUT2D eigenvalue weighted by atomic mass is 16.6. The molecular formula is C27H36N6O3. The van der Waals surface area contributed by atoms with Gasteiger partial charge in [0.2, 0.25) is 5.91 Å². The summed E-state index contributed by atoms with van der Waals surface area (Å²) in [6, 6.07) is 6.43. The lowest BCUT2D eigenvalue weighted by Crippen LogP contribution is -2.50. The largest absolute Gasteiger partial charge is 0.444 e. The van der Waals surface area contributed by atoms with Gasteiger partial charge in [-0.05, 0) is 51.8 Å². The van der Waals surface area contributed by atoms with Crippen molar-refractivity contribution in [3.63, 3.8) is 0 Å². The Morgan fingerprint density at radius 3 is 2.58 bits per heavy atom. The van der Waals surface area contributed by atoms with E-state index in [4.69, 9.17) is 9.72 Å². The minimum Gasteiger partial charge on any atom is -0.444 e. The van der Waals surface area contributed by atoms with Crippen LogP contribution in [0.3, 0.4) is 0 Å². The van der Waals surface area contributed by atoms with Crippen LogP contribution in [0.4, 0.5) is 22.1 Å². The maximum absolute atomic E-state index is 12.5. The maximum Gasteiger partial charge on any atom is 0.410 e. The van der Waals surface area contributed by atoms with Crippen molar-refractivity contribution in [2.75, 3.05) is 41.7 Å². The SMILES string of the molecule is CC(C)(C)OC(=O)N1CCN(c2nc(-c3ccnc(NC4CCCCC4)c3)cc3c2CC(=O)N3)CC1. The van der Waals surface area contributed by atoms with Gasteiger partial charge >= 0.3 is 6.09 Å². The van der Waals surface area contributed by atoms with Crippen molar-refractivity contribution in [1.29, 1.82) is 0 Å². The molecule has 5 rings (SSSR count). The van der Waals surface area contributed by atoms with E-state index in [1.54, 1.807) is 4.90 Å². The Balaban J connectivity index is 1.36. The first kappa shape index (κ1) is 24.3. The average Bonchev–Trinajstić information content (AvgIpc) is 3.23. The number of carbonyl (C=O) groups is 2. The summed E-state index contributed by atoms with van der Waals surface area (Å²) in [6.45, 7) is 7.96. The molecule has 4 heterocycles. The van der Waals surface area contributed by atoms with Gasteiger partial charge in [0.25, 0.3) is 0 Å². The monoisotopic (exact) mass is 492 g/mol. The number of pyridine rings is 2. The minimum absolute atomic E-state index is 0.0213. The Morgan fingerprint density at radius 2 is 1.86 bits per heavy atom.